The summed E-state index contributed by atoms with van der Waals surface area (Å²) >= 11 is 3.33. The van der Waals surface area contributed by atoms with E-state index < -0.39 is 5.97 Å². The lowest BCUT2D eigenvalue weighted by molar-refractivity contribution is -0.123. The van der Waals surface area contributed by atoms with Gasteiger partial charge in [0.15, 0.2) is 6.61 Å². The normalized spacial score (nSPS) is 10.8. The number of esters is 1. The summed E-state index contributed by atoms with van der Waals surface area (Å²) in [6.07, 6.45) is 1.49. The first-order valence-corrected chi connectivity index (χ1v) is 10.9. The molecule has 7 heteroatoms. The molecule has 0 radical (unpaired) electrons. The van der Waals surface area contributed by atoms with Crippen molar-refractivity contribution >= 4 is 44.8 Å². The molecule has 0 atom stereocenters. The van der Waals surface area contributed by atoms with E-state index in [2.05, 4.69) is 26.5 Å². The number of carbonyl (C=O) groups excluding carboxylic acids is 2. The number of benzene rings is 4. The zero-order valence-electron chi connectivity index (χ0n) is 17.4. The number of rotatable bonds is 7. The second-order valence-electron chi connectivity index (χ2n) is 7.03. The first kappa shape index (κ1) is 22.2. The smallest absolute Gasteiger partial charge is 0.344 e. The molecule has 33 heavy (non-hydrogen) atoms. The van der Waals surface area contributed by atoms with Gasteiger partial charge in [0.25, 0.3) is 5.91 Å². The number of hydrogen-bond donors (Lipinski definition) is 1. The van der Waals surface area contributed by atoms with Gasteiger partial charge in [-0.3, -0.25) is 4.79 Å². The van der Waals surface area contributed by atoms with Crippen molar-refractivity contribution in [1.29, 1.82) is 0 Å². The van der Waals surface area contributed by atoms with Gasteiger partial charge in [-0.1, -0.05) is 42.5 Å². The minimum atomic E-state index is -0.456. The summed E-state index contributed by atoms with van der Waals surface area (Å²) in [5.41, 5.74) is 3.60. The Labute approximate surface area is 199 Å². The Balaban J connectivity index is 1.26. The van der Waals surface area contributed by atoms with E-state index in [1.165, 1.54) is 6.21 Å². The maximum Gasteiger partial charge on any atom is 0.344 e. The second kappa shape index (κ2) is 10.6. The first-order chi connectivity index (χ1) is 16.1. The highest BCUT2D eigenvalue weighted by atomic mass is 79.9. The molecule has 0 saturated heterocycles. The fraction of sp³-hybridized carbons (Fsp3) is 0.0385. The van der Waals surface area contributed by atoms with Crippen molar-refractivity contribution in [2.75, 3.05) is 6.61 Å². The van der Waals surface area contributed by atoms with Crippen LogP contribution in [0.25, 0.3) is 10.8 Å². The molecule has 4 rings (SSSR count). The van der Waals surface area contributed by atoms with Crippen molar-refractivity contribution in [3.8, 4) is 11.5 Å². The molecule has 0 heterocycles. The fourth-order valence-corrected chi connectivity index (χ4v) is 3.47. The summed E-state index contributed by atoms with van der Waals surface area (Å²) < 4.78 is 11.6. The molecule has 0 saturated carbocycles. The number of nitrogens with one attached hydrogen (secondary N) is 1. The van der Waals surface area contributed by atoms with E-state index in [1.54, 1.807) is 42.5 Å². The van der Waals surface area contributed by atoms with Gasteiger partial charge in [0.2, 0.25) is 0 Å². The third-order valence-electron chi connectivity index (χ3n) is 4.68. The molecule has 0 aliphatic carbocycles. The van der Waals surface area contributed by atoms with Crippen molar-refractivity contribution < 1.29 is 19.1 Å². The number of hydrogen-bond acceptors (Lipinski definition) is 5. The van der Waals surface area contributed by atoms with E-state index >= 15 is 0 Å². The third kappa shape index (κ3) is 6.05. The molecular weight excluding hydrogens is 484 g/mol. The lowest BCUT2D eigenvalue weighted by Gasteiger charge is -2.06. The predicted molar refractivity (Wildman–Crippen MR) is 131 cm³/mol. The van der Waals surface area contributed by atoms with Gasteiger partial charge in [0, 0.05) is 4.47 Å². The van der Waals surface area contributed by atoms with Crippen molar-refractivity contribution in [2.45, 2.75) is 0 Å². The molecule has 1 N–H and O–H groups in total. The van der Waals surface area contributed by atoms with Crippen LogP contribution in [0.5, 0.6) is 11.5 Å². The Kier molecular flexibility index (Phi) is 7.12. The molecule has 1 amide bonds. The van der Waals surface area contributed by atoms with Gasteiger partial charge in [0.1, 0.15) is 11.5 Å². The highest BCUT2D eigenvalue weighted by Gasteiger charge is 2.11. The maximum absolute atomic E-state index is 12.3. The molecule has 0 unspecified atom stereocenters. The van der Waals surface area contributed by atoms with Crippen LogP contribution in [0.15, 0.2) is 101 Å². The Bertz CT molecular complexity index is 1320. The minimum absolute atomic E-state index is 0.153. The summed E-state index contributed by atoms with van der Waals surface area (Å²) in [4.78, 5) is 24.3. The van der Waals surface area contributed by atoms with Crippen molar-refractivity contribution in [2.24, 2.45) is 5.10 Å². The number of fused-ring (bicyclic) bond motifs is 1. The molecule has 0 bridgehead atoms. The number of nitrogens with zero attached hydrogens (tertiary/aromatic N) is 1. The van der Waals surface area contributed by atoms with Crippen LogP contribution in [0.3, 0.4) is 0 Å². The number of halogens is 1. The van der Waals surface area contributed by atoms with Crippen LogP contribution in [0.1, 0.15) is 15.9 Å². The first-order valence-electron chi connectivity index (χ1n) is 10.1. The van der Waals surface area contributed by atoms with Crippen molar-refractivity contribution in [3.05, 3.63) is 107 Å². The average Bonchev–Trinajstić information content (AvgIpc) is 2.84. The van der Waals surface area contributed by atoms with Crippen LogP contribution in [-0.2, 0) is 4.79 Å². The largest absolute Gasteiger partial charge is 0.484 e. The number of ether oxygens (including phenoxy) is 2. The van der Waals surface area contributed by atoms with Crippen LogP contribution >= 0.6 is 15.9 Å². The molecule has 0 aliphatic rings. The van der Waals surface area contributed by atoms with Gasteiger partial charge >= 0.3 is 5.97 Å². The number of amides is 1. The topological polar surface area (TPSA) is 77.0 Å². The highest BCUT2D eigenvalue weighted by Crippen LogP contribution is 2.21. The van der Waals surface area contributed by atoms with E-state index in [4.69, 9.17) is 9.47 Å². The Morgan fingerprint density at radius 1 is 0.848 bits per heavy atom. The lowest BCUT2D eigenvalue weighted by Crippen LogP contribution is -2.24. The van der Waals surface area contributed by atoms with E-state index in [0.29, 0.717) is 21.5 Å². The zero-order valence-corrected chi connectivity index (χ0v) is 19.0. The molecule has 4 aromatic rings. The molecule has 0 aromatic heterocycles. The molecule has 0 fully saturated rings. The van der Waals surface area contributed by atoms with Gasteiger partial charge in [-0.25, -0.2) is 10.2 Å². The summed E-state index contributed by atoms with van der Waals surface area (Å²) in [5.74, 6) is 0.183. The third-order valence-corrected chi connectivity index (χ3v) is 5.37. The summed E-state index contributed by atoms with van der Waals surface area (Å²) in [6.45, 7) is -0.153. The van der Waals surface area contributed by atoms with Crippen molar-refractivity contribution in [1.82, 2.24) is 5.43 Å². The minimum Gasteiger partial charge on any atom is -0.484 e. The Morgan fingerprint density at radius 3 is 2.33 bits per heavy atom. The molecule has 4 aromatic carbocycles. The highest BCUT2D eigenvalue weighted by molar-refractivity contribution is 9.10. The van der Waals surface area contributed by atoms with Gasteiger partial charge in [-0.2, -0.15) is 5.10 Å². The van der Waals surface area contributed by atoms with E-state index in [1.807, 2.05) is 48.5 Å². The summed E-state index contributed by atoms with van der Waals surface area (Å²) in [6, 6.07) is 27.4. The number of carbonyl (C=O) groups is 2. The summed E-state index contributed by atoms with van der Waals surface area (Å²) in [5, 5.41) is 6.08. The van der Waals surface area contributed by atoms with Gasteiger partial charge in [-0.05, 0) is 80.8 Å². The zero-order chi connectivity index (χ0) is 23.0. The maximum atomic E-state index is 12.3. The van der Waals surface area contributed by atoms with Gasteiger partial charge < -0.3 is 9.47 Å². The van der Waals surface area contributed by atoms with E-state index in [9.17, 15) is 9.59 Å². The van der Waals surface area contributed by atoms with Crippen LogP contribution in [-0.4, -0.2) is 24.7 Å². The molecule has 0 spiro atoms. The van der Waals surface area contributed by atoms with Crippen molar-refractivity contribution in [3.63, 3.8) is 0 Å². The van der Waals surface area contributed by atoms with E-state index in [0.717, 1.165) is 16.3 Å². The van der Waals surface area contributed by atoms with Crippen LogP contribution in [0.4, 0.5) is 0 Å². The quantitative estimate of drug-likeness (QED) is 0.160. The average molecular weight is 503 g/mol. The van der Waals surface area contributed by atoms with Crippen LogP contribution in [0, 0.1) is 0 Å². The monoisotopic (exact) mass is 502 g/mol. The molecular formula is C26H19BrN2O4. The Morgan fingerprint density at radius 2 is 1.55 bits per heavy atom. The van der Waals surface area contributed by atoms with Crippen LogP contribution in [0.2, 0.25) is 0 Å². The predicted octanol–water partition coefficient (Wildman–Crippen LogP) is 5.35. The molecule has 0 aliphatic heterocycles. The SMILES string of the molecule is O=C(COc1ccc2ccccc2c1)N/N=C\c1ccc(OC(=O)c2ccccc2Br)cc1. The van der Waals surface area contributed by atoms with Crippen LogP contribution < -0.4 is 14.9 Å². The fourth-order valence-electron chi connectivity index (χ4n) is 3.03. The second-order valence-corrected chi connectivity index (χ2v) is 7.88. The molecule has 6 nitrogen and oxygen atoms in total. The number of hydrazone groups is 1. The standard InChI is InChI=1S/C26H19BrN2O4/c27-24-8-4-3-7-23(24)26(31)33-21-12-9-18(10-13-21)16-28-29-25(30)17-32-22-14-11-19-5-1-2-6-20(19)15-22/h1-16H,17H2,(H,29,30)/b28-16-. The summed E-state index contributed by atoms with van der Waals surface area (Å²) in [7, 11) is 0. The lowest BCUT2D eigenvalue weighted by atomic mass is 10.1. The molecule has 164 valence electrons. The van der Waals surface area contributed by atoms with Gasteiger partial charge in [-0.15, -0.1) is 0 Å². The Hall–Kier alpha value is -3.97. The van der Waals surface area contributed by atoms with E-state index in [-0.39, 0.29) is 12.5 Å². The van der Waals surface area contributed by atoms with Gasteiger partial charge in [0.05, 0.1) is 11.8 Å².